The predicted molar refractivity (Wildman–Crippen MR) is 80.6 cm³/mol. The van der Waals surface area contributed by atoms with Gasteiger partial charge in [0.15, 0.2) is 0 Å². The van der Waals surface area contributed by atoms with Crippen LogP contribution in [0.1, 0.15) is 5.56 Å². The molecule has 2 N–H and O–H groups in total. The van der Waals surface area contributed by atoms with Gasteiger partial charge < -0.3 is 10.2 Å². The van der Waals surface area contributed by atoms with Gasteiger partial charge in [0.1, 0.15) is 13.1 Å². The number of carboxylic acids is 2. The summed E-state index contributed by atoms with van der Waals surface area (Å²) < 4.78 is 26.0. The summed E-state index contributed by atoms with van der Waals surface area (Å²) >= 11 is 6.28. The van der Waals surface area contributed by atoms with Crippen LogP contribution in [0.15, 0.2) is 26.0 Å². The smallest absolute Gasteiger partial charge is 0.318 e. The van der Waals surface area contributed by atoms with E-state index in [1.165, 1.54) is 12.1 Å². The van der Waals surface area contributed by atoms with E-state index in [4.69, 9.17) is 10.2 Å². The first-order chi connectivity index (χ1) is 9.55. The Balaban J connectivity index is 3.38. The highest BCUT2D eigenvalue weighted by Gasteiger charge is 2.30. The highest BCUT2D eigenvalue weighted by molar-refractivity contribution is 9.11. The quantitative estimate of drug-likeness (QED) is 0.690. The van der Waals surface area contributed by atoms with E-state index in [1.807, 2.05) is 0 Å². The van der Waals surface area contributed by atoms with Crippen molar-refractivity contribution in [3.63, 3.8) is 0 Å². The van der Waals surface area contributed by atoms with Crippen molar-refractivity contribution in [1.29, 1.82) is 0 Å². The van der Waals surface area contributed by atoms with Crippen LogP contribution in [0.4, 0.5) is 0 Å². The average Bonchev–Trinajstić information content (AvgIpc) is 2.31. The van der Waals surface area contributed by atoms with Crippen LogP contribution >= 0.6 is 31.9 Å². The minimum Gasteiger partial charge on any atom is -0.480 e. The van der Waals surface area contributed by atoms with Crippen LogP contribution in [-0.4, -0.2) is 48.0 Å². The first-order valence-electron chi connectivity index (χ1n) is 5.45. The fourth-order valence-corrected chi connectivity index (χ4v) is 4.47. The second-order valence-corrected chi connectivity index (χ2v) is 7.71. The van der Waals surface area contributed by atoms with Gasteiger partial charge >= 0.3 is 11.9 Å². The van der Waals surface area contributed by atoms with E-state index < -0.39 is 35.1 Å². The van der Waals surface area contributed by atoms with Crippen molar-refractivity contribution in [1.82, 2.24) is 4.31 Å². The topological polar surface area (TPSA) is 112 Å². The molecule has 0 amide bonds. The van der Waals surface area contributed by atoms with E-state index in [1.54, 1.807) is 6.92 Å². The molecular weight excluding hydrogens is 434 g/mol. The molecule has 0 saturated carbocycles. The maximum Gasteiger partial charge on any atom is 0.318 e. The molecule has 0 fully saturated rings. The largest absolute Gasteiger partial charge is 0.480 e. The summed E-state index contributed by atoms with van der Waals surface area (Å²) in [5, 5.41) is 17.5. The number of halogens is 2. The number of nitrogens with zero attached hydrogens (tertiary/aromatic N) is 1. The number of rotatable bonds is 6. The summed E-state index contributed by atoms with van der Waals surface area (Å²) in [7, 11) is -4.27. The van der Waals surface area contributed by atoms with E-state index in [0.717, 1.165) is 5.56 Å². The number of hydrogen-bond donors (Lipinski definition) is 2. The van der Waals surface area contributed by atoms with E-state index in [0.29, 0.717) is 8.78 Å². The Hall–Kier alpha value is -0.970. The Morgan fingerprint density at radius 3 is 2.00 bits per heavy atom. The number of benzene rings is 1. The molecule has 0 aliphatic rings. The molecule has 0 radical (unpaired) electrons. The molecule has 0 spiro atoms. The molecular formula is C11H11Br2NO6S. The molecule has 0 aromatic heterocycles. The SMILES string of the molecule is Cc1cc(Br)c(S(=O)(=O)N(CC(=O)O)CC(=O)O)cc1Br. The Morgan fingerprint density at radius 1 is 1.10 bits per heavy atom. The summed E-state index contributed by atoms with van der Waals surface area (Å²) in [6.45, 7) is -0.128. The summed E-state index contributed by atoms with van der Waals surface area (Å²) in [5.41, 5.74) is 0.767. The highest BCUT2D eigenvalue weighted by atomic mass is 79.9. The van der Waals surface area contributed by atoms with Gasteiger partial charge in [-0.3, -0.25) is 9.59 Å². The molecule has 21 heavy (non-hydrogen) atoms. The van der Waals surface area contributed by atoms with Gasteiger partial charge in [0.05, 0.1) is 4.90 Å². The first-order valence-corrected chi connectivity index (χ1v) is 8.47. The van der Waals surface area contributed by atoms with E-state index in [2.05, 4.69) is 31.9 Å². The van der Waals surface area contributed by atoms with Crippen molar-refractivity contribution in [2.45, 2.75) is 11.8 Å². The van der Waals surface area contributed by atoms with Crippen LogP contribution in [0.25, 0.3) is 0 Å². The minimum absolute atomic E-state index is 0.206. The van der Waals surface area contributed by atoms with Crippen molar-refractivity contribution in [3.05, 3.63) is 26.6 Å². The number of sulfonamides is 1. The lowest BCUT2D eigenvalue weighted by Crippen LogP contribution is -2.39. The molecule has 0 unspecified atom stereocenters. The average molecular weight is 445 g/mol. The van der Waals surface area contributed by atoms with Gasteiger partial charge in [0.2, 0.25) is 10.0 Å². The third-order valence-corrected chi connectivity index (χ3v) is 6.06. The second-order valence-electron chi connectivity index (χ2n) is 4.09. The van der Waals surface area contributed by atoms with Crippen LogP contribution < -0.4 is 0 Å². The van der Waals surface area contributed by atoms with Gasteiger partial charge in [-0.25, -0.2) is 8.42 Å². The molecule has 10 heteroatoms. The molecule has 0 saturated heterocycles. The standard InChI is InChI=1S/C11H11Br2NO6S/c1-6-2-8(13)9(3-7(6)12)21(19,20)14(4-10(15)16)5-11(17)18/h2-3H,4-5H2,1H3,(H,15,16)(H,17,18). The fourth-order valence-electron chi connectivity index (χ4n) is 1.49. The molecule has 0 atom stereocenters. The highest BCUT2D eigenvalue weighted by Crippen LogP contribution is 2.30. The van der Waals surface area contributed by atoms with Crippen molar-refractivity contribution < 1.29 is 28.2 Å². The van der Waals surface area contributed by atoms with Gasteiger partial charge in [0.25, 0.3) is 0 Å². The van der Waals surface area contributed by atoms with Gasteiger partial charge in [-0.2, -0.15) is 4.31 Å². The van der Waals surface area contributed by atoms with Crippen LogP contribution in [0, 0.1) is 6.92 Å². The number of carboxylic acid groups (broad SMARTS) is 2. The molecule has 1 aromatic rings. The summed E-state index contributed by atoms with van der Waals surface area (Å²) in [6, 6.07) is 2.84. The first kappa shape index (κ1) is 18.1. The lowest BCUT2D eigenvalue weighted by atomic mass is 10.2. The molecule has 116 valence electrons. The molecule has 0 aliphatic heterocycles. The maximum absolute atomic E-state index is 12.4. The summed E-state index contributed by atoms with van der Waals surface area (Å²) in [5.74, 6) is -2.88. The van der Waals surface area contributed by atoms with E-state index >= 15 is 0 Å². The lowest BCUT2D eigenvalue weighted by molar-refractivity contribution is -0.139. The van der Waals surface area contributed by atoms with Gasteiger partial charge in [-0.15, -0.1) is 0 Å². The number of aliphatic carboxylic acids is 2. The Bertz CT molecular complexity index is 672. The van der Waals surface area contributed by atoms with Crippen molar-refractivity contribution in [2.75, 3.05) is 13.1 Å². The second kappa shape index (κ2) is 6.86. The Kier molecular flexibility index (Phi) is 5.91. The lowest BCUT2D eigenvalue weighted by Gasteiger charge is -2.19. The van der Waals surface area contributed by atoms with Crippen LogP contribution in [0.5, 0.6) is 0 Å². The minimum atomic E-state index is -4.27. The third kappa shape index (κ3) is 4.50. The fraction of sp³-hybridized carbons (Fsp3) is 0.273. The Morgan fingerprint density at radius 2 is 1.57 bits per heavy atom. The third-order valence-electron chi connectivity index (χ3n) is 2.45. The predicted octanol–water partition coefficient (Wildman–Crippen LogP) is 1.68. The van der Waals surface area contributed by atoms with E-state index in [-0.39, 0.29) is 9.37 Å². The molecule has 7 nitrogen and oxygen atoms in total. The van der Waals surface area contributed by atoms with Crippen LogP contribution in [-0.2, 0) is 19.6 Å². The van der Waals surface area contributed by atoms with Crippen LogP contribution in [0.2, 0.25) is 0 Å². The summed E-state index contributed by atoms with van der Waals surface area (Å²) in [4.78, 5) is 21.3. The normalized spacial score (nSPS) is 11.6. The molecule has 0 aliphatic carbocycles. The van der Waals surface area contributed by atoms with Crippen molar-refractivity contribution in [2.24, 2.45) is 0 Å². The van der Waals surface area contributed by atoms with Crippen molar-refractivity contribution in [3.8, 4) is 0 Å². The molecule has 0 bridgehead atoms. The maximum atomic E-state index is 12.4. The van der Waals surface area contributed by atoms with Gasteiger partial charge in [-0.1, -0.05) is 15.9 Å². The summed E-state index contributed by atoms with van der Waals surface area (Å²) in [6.07, 6.45) is 0. The molecule has 0 heterocycles. The monoisotopic (exact) mass is 443 g/mol. The molecule has 1 rings (SSSR count). The van der Waals surface area contributed by atoms with Crippen LogP contribution in [0.3, 0.4) is 0 Å². The number of hydrogen-bond acceptors (Lipinski definition) is 4. The zero-order chi connectivity index (χ0) is 16.4. The number of carbonyl (C=O) groups is 2. The zero-order valence-corrected chi connectivity index (χ0v) is 14.7. The van der Waals surface area contributed by atoms with Gasteiger partial charge in [0, 0.05) is 8.95 Å². The van der Waals surface area contributed by atoms with Crippen molar-refractivity contribution >= 4 is 53.8 Å². The molecule has 1 aromatic carbocycles. The number of aryl methyl sites for hydroxylation is 1. The van der Waals surface area contributed by atoms with E-state index in [9.17, 15) is 18.0 Å². The zero-order valence-electron chi connectivity index (χ0n) is 10.7. The van der Waals surface area contributed by atoms with Gasteiger partial charge in [-0.05, 0) is 40.5 Å². The Labute approximate surface area is 137 Å².